The third-order valence-corrected chi connectivity index (χ3v) is 14.5. The quantitative estimate of drug-likeness (QED) is 0.0373. The maximum absolute atomic E-state index is 12.3. The van der Waals surface area contributed by atoms with Crippen LogP contribution in [-0.4, -0.2) is 36.4 Å². The monoisotopic (exact) mass is 1040 g/mol. The normalized spacial score (nSPS) is 12.7. The second kappa shape index (κ2) is 65.4. The average Bonchev–Trinajstić information content (AvgIpc) is 3.41. The summed E-state index contributed by atoms with van der Waals surface area (Å²) in [5.74, 6) is -0.586. The minimum Gasteiger partial charge on any atom is -0.462 e. The summed E-state index contributed by atoms with van der Waals surface area (Å²) < 4.78 is 10.7. The van der Waals surface area contributed by atoms with Crippen LogP contribution in [0, 0.1) is 0 Å². The molecule has 5 heteroatoms. The molecule has 0 aromatic heterocycles. The molecular weight excluding hydrogens is 921 g/mol. The average molecular weight is 1050 g/mol. The molecule has 0 aliphatic carbocycles. The van der Waals surface area contributed by atoms with E-state index in [4.69, 9.17) is 9.47 Å². The summed E-state index contributed by atoms with van der Waals surface area (Å²) in [5, 5.41) is 9.69. The highest BCUT2D eigenvalue weighted by Crippen LogP contribution is 2.18. The first kappa shape index (κ1) is 72.1. The molecule has 434 valence electrons. The topological polar surface area (TPSA) is 72.8 Å². The Kier molecular flexibility index (Phi) is 62.8. The fraction of sp³-hybridized carbons (Fsp3) is 0.771. The van der Waals surface area contributed by atoms with Crippen LogP contribution in [0.25, 0.3) is 0 Å². The van der Waals surface area contributed by atoms with E-state index >= 15 is 0 Å². The highest BCUT2D eigenvalue weighted by Gasteiger charge is 2.16. The van der Waals surface area contributed by atoms with Crippen molar-refractivity contribution >= 4 is 11.9 Å². The van der Waals surface area contributed by atoms with Gasteiger partial charge in [-0.3, -0.25) is 9.59 Å². The van der Waals surface area contributed by atoms with Crippen LogP contribution in [0.1, 0.15) is 328 Å². The molecule has 1 N–H and O–H groups in total. The smallest absolute Gasteiger partial charge is 0.306 e. The number of carbonyl (C=O) groups is 2. The summed E-state index contributed by atoms with van der Waals surface area (Å²) in [6.45, 7) is 4.06. The van der Waals surface area contributed by atoms with Gasteiger partial charge in [0.2, 0.25) is 0 Å². The molecule has 0 amide bonds. The van der Waals surface area contributed by atoms with Crippen LogP contribution in [0.2, 0.25) is 0 Å². The van der Waals surface area contributed by atoms with Crippen molar-refractivity contribution in [3.63, 3.8) is 0 Å². The van der Waals surface area contributed by atoms with Gasteiger partial charge in [0.1, 0.15) is 6.61 Å². The van der Waals surface area contributed by atoms with Crippen molar-refractivity contribution in [2.24, 2.45) is 0 Å². The number of hydrogen-bond acceptors (Lipinski definition) is 5. The second-order valence-corrected chi connectivity index (χ2v) is 21.8. The van der Waals surface area contributed by atoms with Crippen molar-refractivity contribution in [3.05, 3.63) is 85.1 Å². The van der Waals surface area contributed by atoms with Crippen LogP contribution in [0.3, 0.4) is 0 Å². The van der Waals surface area contributed by atoms with Gasteiger partial charge in [-0.2, -0.15) is 0 Å². The summed E-state index contributed by atoms with van der Waals surface area (Å²) >= 11 is 0. The van der Waals surface area contributed by atoms with Crippen LogP contribution in [0.4, 0.5) is 0 Å². The molecule has 0 saturated carbocycles. The Bertz CT molecular complexity index is 1370. The molecule has 0 rings (SSSR count). The third-order valence-electron chi connectivity index (χ3n) is 14.5. The lowest BCUT2D eigenvalue weighted by atomic mass is 10.0. The summed E-state index contributed by atoms with van der Waals surface area (Å²) in [6, 6.07) is 0. The highest BCUT2D eigenvalue weighted by molar-refractivity contribution is 5.70. The van der Waals surface area contributed by atoms with E-state index in [9.17, 15) is 14.7 Å². The fourth-order valence-electron chi connectivity index (χ4n) is 9.60. The number of carbonyl (C=O) groups excluding carboxylic acids is 2. The van der Waals surface area contributed by atoms with Crippen LogP contribution >= 0.6 is 0 Å². The number of allylic oxidation sites excluding steroid dienone is 14. The van der Waals surface area contributed by atoms with Gasteiger partial charge >= 0.3 is 11.9 Å². The van der Waals surface area contributed by atoms with Gasteiger partial charge in [-0.1, -0.05) is 330 Å². The van der Waals surface area contributed by atoms with Crippen LogP contribution < -0.4 is 0 Å². The summed E-state index contributed by atoms with van der Waals surface area (Å²) in [7, 11) is 0. The Hall–Kier alpha value is -2.92. The van der Waals surface area contributed by atoms with Gasteiger partial charge in [-0.05, 0) is 70.6 Å². The zero-order chi connectivity index (χ0) is 54.1. The second-order valence-electron chi connectivity index (χ2n) is 21.8. The van der Waals surface area contributed by atoms with E-state index in [0.717, 1.165) is 89.9 Å². The highest BCUT2D eigenvalue weighted by atomic mass is 16.6. The Labute approximate surface area is 466 Å². The van der Waals surface area contributed by atoms with Gasteiger partial charge in [0.15, 0.2) is 6.10 Å². The van der Waals surface area contributed by atoms with Crippen molar-refractivity contribution in [2.75, 3.05) is 13.2 Å². The molecule has 0 heterocycles. The zero-order valence-electron chi connectivity index (χ0n) is 49.8. The molecule has 0 fully saturated rings. The van der Waals surface area contributed by atoms with Gasteiger partial charge in [0, 0.05) is 12.8 Å². The summed E-state index contributed by atoms with van der Waals surface area (Å²) in [4.78, 5) is 24.6. The minimum absolute atomic E-state index is 0.0682. The van der Waals surface area contributed by atoms with Gasteiger partial charge in [-0.25, -0.2) is 0 Å². The van der Waals surface area contributed by atoms with E-state index < -0.39 is 6.10 Å². The van der Waals surface area contributed by atoms with Crippen LogP contribution in [0.5, 0.6) is 0 Å². The maximum Gasteiger partial charge on any atom is 0.306 e. The predicted molar refractivity (Wildman–Crippen MR) is 329 cm³/mol. The molecular formula is C70H124O5. The Morgan fingerprint density at radius 2 is 0.573 bits per heavy atom. The largest absolute Gasteiger partial charge is 0.462 e. The lowest BCUT2D eigenvalue weighted by Crippen LogP contribution is -2.28. The molecule has 0 aromatic rings. The van der Waals surface area contributed by atoms with Gasteiger partial charge in [0.25, 0.3) is 0 Å². The third kappa shape index (κ3) is 63.5. The van der Waals surface area contributed by atoms with Crippen molar-refractivity contribution in [1.82, 2.24) is 0 Å². The van der Waals surface area contributed by atoms with Crippen molar-refractivity contribution < 1.29 is 24.2 Å². The van der Waals surface area contributed by atoms with E-state index in [2.05, 4.69) is 98.9 Å². The first-order valence-corrected chi connectivity index (χ1v) is 32.6. The number of aliphatic hydroxyl groups excluding tert-OH is 1. The zero-order valence-corrected chi connectivity index (χ0v) is 49.8. The molecule has 1 unspecified atom stereocenters. The standard InChI is InChI=1S/C70H124O5/c1-3-5-7-9-11-13-15-17-19-21-23-25-27-29-31-33-35-37-39-41-43-45-47-49-51-53-55-57-59-61-63-65-70(73)75-68(66-71)67-74-69(72)64-62-60-58-56-54-52-50-48-46-44-42-40-38-36-34-32-30-28-26-24-22-20-18-16-14-12-10-8-6-4-2/h5,7,11,13,17,19,23,25,29,31,35,37,41,43,68,71H,3-4,6,8-10,12,14-16,18,20-22,24,26-28,30,32-34,36,38-40,42,44-67H2,1-2H3/b7-5-,13-11-,19-17-,25-23-,31-29-,37-35-,43-41-. The molecule has 0 aromatic carbocycles. The number of hydrogen-bond donors (Lipinski definition) is 1. The summed E-state index contributed by atoms with van der Waals surface area (Å²) in [5.41, 5.74) is 0. The van der Waals surface area contributed by atoms with Crippen LogP contribution in [-0.2, 0) is 19.1 Å². The molecule has 5 nitrogen and oxygen atoms in total. The minimum atomic E-state index is -0.780. The molecule has 1 atom stereocenters. The molecule has 0 aliphatic rings. The number of rotatable bonds is 60. The molecule has 0 radical (unpaired) electrons. The first-order valence-electron chi connectivity index (χ1n) is 32.6. The lowest BCUT2D eigenvalue weighted by molar-refractivity contribution is -0.161. The van der Waals surface area contributed by atoms with E-state index in [1.807, 2.05) is 0 Å². The van der Waals surface area contributed by atoms with Gasteiger partial charge < -0.3 is 14.6 Å². The van der Waals surface area contributed by atoms with Crippen LogP contribution in [0.15, 0.2) is 85.1 Å². The molecule has 0 saturated heterocycles. The molecule has 0 spiro atoms. The number of aliphatic hydroxyl groups is 1. The molecule has 0 aliphatic heterocycles. The number of esters is 2. The molecule has 0 bridgehead atoms. The van der Waals surface area contributed by atoms with E-state index in [-0.39, 0.29) is 25.2 Å². The number of ether oxygens (including phenoxy) is 2. The Morgan fingerprint density at radius 1 is 0.320 bits per heavy atom. The van der Waals surface area contributed by atoms with Crippen molar-refractivity contribution in [1.29, 1.82) is 0 Å². The summed E-state index contributed by atoms with van der Waals surface area (Å²) in [6.07, 6.45) is 91.6. The van der Waals surface area contributed by atoms with E-state index in [0.29, 0.717) is 12.8 Å². The van der Waals surface area contributed by atoms with Crippen molar-refractivity contribution in [3.8, 4) is 0 Å². The molecule has 75 heavy (non-hydrogen) atoms. The SMILES string of the molecule is CC/C=C\C/C=C\C/C=C\C/C=C\C/C=C\C/C=C\C/C=C\CCCCCCCCCCCC(=O)OC(CO)COC(=O)CCCCCCCCCCCCCCCCCCCCCCCCCCCCCCCC. The Balaban J connectivity index is 3.47. The predicted octanol–water partition coefficient (Wildman–Crippen LogP) is 22.5. The van der Waals surface area contributed by atoms with E-state index in [1.165, 1.54) is 212 Å². The maximum atomic E-state index is 12.3. The fourth-order valence-corrected chi connectivity index (χ4v) is 9.60. The first-order chi connectivity index (χ1) is 37.1. The van der Waals surface area contributed by atoms with Crippen molar-refractivity contribution in [2.45, 2.75) is 335 Å². The van der Waals surface area contributed by atoms with Gasteiger partial charge in [-0.15, -0.1) is 0 Å². The Morgan fingerprint density at radius 3 is 0.867 bits per heavy atom. The lowest BCUT2D eigenvalue weighted by Gasteiger charge is -2.15. The van der Waals surface area contributed by atoms with Gasteiger partial charge in [0.05, 0.1) is 6.61 Å². The number of unbranched alkanes of at least 4 members (excludes halogenated alkanes) is 38. The van der Waals surface area contributed by atoms with E-state index in [1.54, 1.807) is 0 Å².